The number of carbonyl (C=O) groups excluding carboxylic acids is 1. The highest BCUT2D eigenvalue weighted by atomic mass is 16.5. The lowest BCUT2D eigenvalue weighted by atomic mass is 10.2. The standard InChI is InChI=1S/C19H15N3O4/c1-25-13-8-6-12(7-9-13)19(24)26-11-17(23)14(10-20)18-21-15-4-2-3-5-16(15)22-18/h2-9,23H,11H2,1H3,(H,21,22). The molecule has 7 nitrogen and oxygen atoms in total. The number of nitrogens with zero attached hydrogens (tertiary/aromatic N) is 2. The van der Waals surface area contributed by atoms with Crippen LogP contribution in [0.1, 0.15) is 16.2 Å². The number of rotatable bonds is 5. The van der Waals surface area contributed by atoms with E-state index in [0.717, 1.165) is 5.52 Å². The number of fused-ring (bicyclic) bond motifs is 1. The summed E-state index contributed by atoms with van der Waals surface area (Å²) >= 11 is 0. The van der Waals surface area contributed by atoms with Gasteiger partial charge in [0.2, 0.25) is 0 Å². The van der Waals surface area contributed by atoms with E-state index in [-0.39, 0.29) is 17.2 Å². The molecule has 0 aliphatic rings. The molecule has 0 amide bonds. The van der Waals surface area contributed by atoms with Gasteiger partial charge < -0.3 is 19.6 Å². The van der Waals surface area contributed by atoms with Crippen LogP contribution in [-0.2, 0) is 4.74 Å². The Hall–Kier alpha value is -3.79. The van der Waals surface area contributed by atoms with Crippen molar-refractivity contribution < 1.29 is 19.4 Å². The maximum Gasteiger partial charge on any atom is 0.338 e. The molecule has 0 atom stereocenters. The number of para-hydroxylation sites is 2. The van der Waals surface area contributed by atoms with E-state index < -0.39 is 12.6 Å². The van der Waals surface area contributed by atoms with Gasteiger partial charge in [-0.15, -0.1) is 0 Å². The minimum Gasteiger partial charge on any atom is -0.507 e. The van der Waals surface area contributed by atoms with Crippen LogP contribution in [0, 0.1) is 11.3 Å². The molecule has 2 aromatic carbocycles. The van der Waals surface area contributed by atoms with Crippen molar-refractivity contribution in [2.45, 2.75) is 0 Å². The summed E-state index contributed by atoms with van der Waals surface area (Å²) in [6.45, 7) is -0.440. The molecular weight excluding hydrogens is 334 g/mol. The molecule has 3 aromatic rings. The van der Waals surface area contributed by atoms with Crippen molar-refractivity contribution in [2.24, 2.45) is 0 Å². The lowest BCUT2D eigenvalue weighted by Crippen LogP contribution is -2.09. The Morgan fingerprint density at radius 2 is 1.96 bits per heavy atom. The second-order valence-corrected chi connectivity index (χ2v) is 5.34. The first-order valence-corrected chi connectivity index (χ1v) is 7.71. The third-order valence-electron chi connectivity index (χ3n) is 3.69. The van der Waals surface area contributed by atoms with E-state index in [4.69, 9.17) is 9.47 Å². The maximum atomic E-state index is 12.0. The molecule has 26 heavy (non-hydrogen) atoms. The number of carbonyl (C=O) groups is 1. The molecule has 0 aliphatic heterocycles. The van der Waals surface area contributed by atoms with E-state index in [2.05, 4.69) is 9.97 Å². The van der Waals surface area contributed by atoms with Gasteiger partial charge in [0, 0.05) is 0 Å². The Labute approximate surface area is 149 Å². The molecule has 1 aromatic heterocycles. The number of aliphatic hydroxyl groups excluding tert-OH is 1. The quantitative estimate of drug-likeness (QED) is 0.416. The van der Waals surface area contributed by atoms with Gasteiger partial charge in [0.25, 0.3) is 0 Å². The Bertz CT molecular complexity index is 980. The first-order chi connectivity index (χ1) is 12.6. The van der Waals surface area contributed by atoms with Gasteiger partial charge in [-0.25, -0.2) is 9.78 Å². The average molecular weight is 349 g/mol. The van der Waals surface area contributed by atoms with Gasteiger partial charge in [-0.1, -0.05) is 12.1 Å². The van der Waals surface area contributed by atoms with E-state index in [9.17, 15) is 15.2 Å². The number of aromatic nitrogens is 2. The zero-order valence-electron chi connectivity index (χ0n) is 13.9. The van der Waals surface area contributed by atoms with Crippen molar-refractivity contribution >= 4 is 22.6 Å². The number of allylic oxidation sites excluding steroid dienone is 1. The van der Waals surface area contributed by atoms with Crippen LogP contribution >= 0.6 is 0 Å². The Balaban J connectivity index is 1.76. The molecule has 0 fully saturated rings. The summed E-state index contributed by atoms with van der Waals surface area (Å²) in [6, 6.07) is 15.5. The highest BCUT2D eigenvalue weighted by Gasteiger charge is 2.15. The topological polar surface area (TPSA) is 108 Å². The predicted molar refractivity (Wildman–Crippen MR) is 94.5 cm³/mol. The summed E-state index contributed by atoms with van der Waals surface area (Å²) in [5.74, 6) is -0.179. The van der Waals surface area contributed by atoms with Gasteiger partial charge in [0.15, 0.2) is 11.6 Å². The summed E-state index contributed by atoms with van der Waals surface area (Å²) in [7, 11) is 1.53. The smallest absolute Gasteiger partial charge is 0.338 e. The van der Waals surface area contributed by atoms with Gasteiger partial charge in [-0.05, 0) is 36.4 Å². The molecule has 0 saturated carbocycles. The predicted octanol–water partition coefficient (Wildman–Crippen LogP) is 3.22. The summed E-state index contributed by atoms with van der Waals surface area (Å²) in [4.78, 5) is 19.2. The van der Waals surface area contributed by atoms with Crippen LogP contribution in [0.3, 0.4) is 0 Å². The van der Waals surface area contributed by atoms with Gasteiger partial charge in [-0.3, -0.25) is 0 Å². The highest BCUT2D eigenvalue weighted by molar-refractivity contribution is 5.90. The summed E-state index contributed by atoms with van der Waals surface area (Å²) in [5.41, 5.74) is 1.63. The Morgan fingerprint density at radius 3 is 2.62 bits per heavy atom. The molecule has 0 unspecified atom stereocenters. The number of nitrogens with one attached hydrogen (secondary N) is 1. The lowest BCUT2D eigenvalue weighted by molar-refractivity contribution is 0.0502. The number of hydrogen-bond acceptors (Lipinski definition) is 6. The fraction of sp³-hybridized carbons (Fsp3) is 0.105. The third-order valence-corrected chi connectivity index (χ3v) is 3.69. The number of esters is 1. The molecule has 2 N–H and O–H groups in total. The van der Waals surface area contributed by atoms with E-state index in [1.54, 1.807) is 30.3 Å². The summed E-state index contributed by atoms with van der Waals surface area (Å²) in [6.07, 6.45) is 0. The zero-order valence-corrected chi connectivity index (χ0v) is 13.9. The molecule has 0 spiro atoms. The molecule has 130 valence electrons. The number of imidazole rings is 1. The largest absolute Gasteiger partial charge is 0.507 e. The van der Waals surface area contributed by atoms with Gasteiger partial charge >= 0.3 is 5.97 Å². The Kier molecular flexibility index (Phi) is 4.85. The summed E-state index contributed by atoms with van der Waals surface area (Å²) < 4.78 is 10.1. The number of aromatic amines is 1. The Morgan fingerprint density at radius 1 is 1.23 bits per heavy atom. The van der Waals surface area contributed by atoms with Crippen LogP contribution in [0.4, 0.5) is 0 Å². The van der Waals surface area contributed by atoms with Gasteiger partial charge in [0.05, 0.1) is 23.7 Å². The van der Waals surface area contributed by atoms with Crippen molar-refractivity contribution in [1.82, 2.24) is 9.97 Å². The van der Waals surface area contributed by atoms with Crippen LogP contribution in [0.5, 0.6) is 5.75 Å². The van der Waals surface area contributed by atoms with E-state index in [1.807, 2.05) is 24.3 Å². The number of ether oxygens (including phenoxy) is 2. The number of nitriles is 1. The number of aliphatic hydroxyl groups is 1. The third kappa shape index (κ3) is 3.49. The number of hydrogen-bond donors (Lipinski definition) is 2. The molecule has 7 heteroatoms. The van der Waals surface area contributed by atoms with Gasteiger partial charge in [0.1, 0.15) is 24.0 Å². The minimum atomic E-state index is -0.624. The van der Waals surface area contributed by atoms with Crippen molar-refractivity contribution in [3.63, 3.8) is 0 Å². The fourth-order valence-electron chi connectivity index (χ4n) is 2.34. The zero-order chi connectivity index (χ0) is 18.5. The second-order valence-electron chi connectivity index (χ2n) is 5.34. The first kappa shape index (κ1) is 17.0. The first-order valence-electron chi connectivity index (χ1n) is 7.71. The molecule has 3 rings (SSSR count). The molecule has 0 aliphatic carbocycles. The van der Waals surface area contributed by atoms with Crippen LogP contribution in [0.15, 0.2) is 54.3 Å². The molecule has 0 saturated heterocycles. The average Bonchev–Trinajstić information content (AvgIpc) is 3.10. The van der Waals surface area contributed by atoms with Crippen molar-refractivity contribution in [2.75, 3.05) is 13.7 Å². The molecule has 0 radical (unpaired) electrons. The SMILES string of the molecule is COc1ccc(C(=O)OCC(O)=C(C#N)c2nc3ccccc3[nH]2)cc1. The van der Waals surface area contributed by atoms with Crippen molar-refractivity contribution in [1.29, 1.82) is 5.26 Å². The highest BCUT2D eigenvalue weighted by Crippen LogP contribution is 2.19. The van der Waals surface area contributed by atoms with Crippen molar-refractivity contribution in [3.8, 4) is 11.8 Å². The van der Waals surface area contributed by atoms with Crippen LogP contribution in [-0.4, -0.2) is 34.8 Å². The van der Waals surface area contributed by atoms with Crippen LogP contribution in [0.25, 0.3) is 16.6 Å². The minimum absolute atomic E-state index is 0.0799. The van der Waals surface area contributed by atoms with Crippen LogP contribution < -0.4 is 4.74 Å². The monoisotopic (exact) mass is 349 g/mol. The van der Waals surface area contributed by atoms with Crippen molar-refractivity contribution in [3.05, 3.63) is 65.7 Å². The fourth-order valence-corrected chi connectivity index (χ4v) is 2.34. The van der Waals surface area contributed by atoms with E-state index >= 15 is 0 Å². The molecular formula is C19H15N3O4. The summed E-state index contributed by atoms with van der Waals surface area (Å²) in [5, 5.41) is 19.5. The number of benzene rings is 2. The lowest BCUT2D eigenvalue weighted by Gasteiger charge is -2.06. The number of methoxy groups -OCH3 is 1. The molecule has 0 bridgehead atoms. The van der Waals surface area contributed by atoms with E-state index in [0.29, 0.717) is 16.8 Å². The van der Waals surface area contributed by atoms with E-state index in [1.165, 1.54) is 7.11 Å². The second kappa shape index (κ2) is 7.40. The van der Waals surface area contributed by atoms with Crippen LogP contribution in [0.2, 0.25) is 0 Å². The molecule has 1 heterocycles. The number of H-pyrrole nitrogens is 1. The normalized spacial score (nSPS) is 11.5. The maximum absolute atomic E-state index is 12.0. The van der Waals surface area contributed by atoms with Gasteiger partial charge in [-0.2, -0.15) is 5.26 Å².